The lowest BCUT2D eigenvalue weighted by Gasteiger charge is -2.11. The van der Waals surface area contributed by atoms with Gasteiger partial charge in [0.15, 0.2) is 0 Å². The van der Waals surface area contributed by atoms with Gasteiger partial charge in [0.1, 0.15) is 0 Å². The third kappa shape index (κ3) is 5.59. The zero-order valence-electron chi connectivity index (χ0n) is 11.6. The summed E-state index contributed by atoms with van der Waals surface area (Å²) in [5.74, 6) is 5.58. The van der Waals surface area contributed by atoms with Gasteiger partial charge in [-0.15, -0.1) is 0 Å². The number of rotatable bonds is 6. The molecule has 0 aliphatic carbocycles. The van der Waals surface area contributed by atoms with Crippen LogP contribution in [0.5, 0.6) is 0 Å². The quantitative estimate of drug-likeness (QED) is 0.516. The van der Waals surface area contributed by atoms with Crippen molar-refractivity contribution in [2.24, 2.45) is 5.73 Å². The molecule has 0 unspecified atom stereocenters. The van der Waals surface area contributed by atoms with E-state index in [9.17, 15) is 8.42 Å². The molecule has 0 bridgehead atoms. The zero-order chi connectivity index (χ0) is 15.0. The highest BCUT2D eigenvalue weighted by Gasteiger charge is 2.10. The van der Waals surface area contributed by atoms with Crippen LogP contribution >= 0.6 is 0 Å². The van der Waals surface area contributed by atoms with Crippen molar-refractivity contribution in [1.82, 2.24) is 4.72 Å². The van der Waals surface area contributed by atoms with Crippen LogP contribution in [0.15, 0.2) is 18.2 Å². The topological polar surface area (TPSA) is 93.4 Å². The number of aryl methyl sites for hydroxylation is 1. The van der Waals surface area contributed by atoms with E-state index in [4.69, 9.17) is 10.5 Å². The number of hydrogen-bond donors (Lipinski definition) is 3. The van der Waals surface area contributed by atoms with Crippen LogP contribution in [0.4, 0.5) is 5.69 Å². The van der Waals surface area contributed by atoms with Crippen LogP contribution in [-0.2, 0) is 14.9 Å². The number of nitrogens with two attached hydrogens (primary N) is 1. The van der Waals surface area contributed by atoms with Gasteiger partial charge in [-0.1, -0.05) is 17.9 Å². The summed E-state index contributed by atoms with van der Waals surface area (Å²) >= 11 is 0. The van der Waals surface area contributed by atoms with Gasteiger partial charge in [-0.2, -0.15) is 13.1 Å². The van der Waals surface area contributed by atoms with Gasteiger partial charge in [0.25, 0.3) is 10.2 Å². The molecule has 110 valence electrons. The van der Waals surface area contributed by atoms with Gasteiger partial charge in [-0.25, -0.2) is 0 Å². The number of methoxy groups -OCH3 is 1. The van der Waals surface area contributed by atoms with E-state index in [1.54, 1.807) is 12.1 Å². The van der Waals surface area contributed by atoms with Crippen molar-refractivity contribution in [2.75, 3.05) is 31.5 Å². The van der Waals surface area contributed by atoms with E-state index in [1.165, 1.54) is 7.11 Å². The fourth-order valence-corrected chi connectivity index (χ4v) is 2.36. The SMILES string of the molecule is COCCNS(=O)(=O)Nc1cc(C#CCN)ccc1C. The Morgan fingerprint density at radius 1 is 1.40 bits per heavy atom. The first-order chi connectivity index (χ1) is 9.48. The summed E-state index contributed by atoms with van der Waals surface area (Å²) in [6, 6.07) is 5.29. The first-order valence-corrected chi connectivity index (χ1v) is 7.53. The van der Waals surface area contributed by atoms with Gasteiger partial charge < -0.3 is 10.5 Å². The van der Waals surface area contributed by atoms with Crippen LogP contribution in [0.2, 0.25) is 0 Å². The Morgan fingerprint density at radius 2 is 2.15 bits per heavy atom. The predicted molar refractivity (Wildman–Crippen MR) is 79.5 cm³/mol. The number of benzene rings is 1. The third-order valence-corrected chi connectivity index (χ3v) is 3.49. The third-order valence-electron chi connectivity index (χ3n) is 2.41. The molecule has 7 heteroatoms. The number of anilines is 1. The van der Waals surface area contributed by atoms with Gasteiger partial charge in [-0.05, 0) is 24.6 Å². The van der Waals surface area contributed by atoms with E-state index in [-0.39, 0.29) is 13.1 Å². The Hall–Kier alpha value is -1.59. The van der Waals surface area contributed by atoms with Gasteiger partial charge >= 0.3 is 0 Å². The standard InChI is InChI=1S/C13H19N3O3S/c1-11-5-6-12(4-3-7-14)10-13(11)16-20(17,18)15-8-9-19-2/h5-6,10,15-16H,7-9,14H2,1-2H3. The summed E-state index contributed by atoms with van der Waals surface area (Å²) in [5.41, 5.74) is 7.30. The average molecular weight is 297 g/mol. The first kappa shape index (κ1) is 16.5. The molecule has 0 saturated heterocycles. The molecule has 1 rings (SSSR count). The molecule has 0 aliphatic heterocycles. The van der Waals surface area contributed by atoms with Crippen molar-refractivity contribution < 1.29 is 13.2 Å². The predicted octanol–water partition coefficient (Wildman–Crippen LogP) is 0.198. The summed E-state index contributed by atoms with van der Waals surface area (Å²) in [5, 5.41) is 0. The van der Waals surface area contributed by atoms with Gasteiger partial charge in [0.2, 0.25) is 0 Å². The highest BCUT2D eigenvalue weighted by Crippen LogP contribution is 2.17. The average Bonchev–Trinajstić information content (AvgIpc) is 2.39. The van der Waals surface area contributed by atoms with Gasteiger partial charge in [-0.3, -0.25) is 4.72 Å². The van der Waals surface area contributed by atoms with Crippen molar-refractivity contribution in [1.29, 1.82) is 0 Å². The van der Waals surface area contributed by atoms with Crippen molar-refractivity contribution in [3.8, 4) is 11.8 Å². The normalized spacial score (nSPS) is 10.8. The highest BCUT2D eigenvalue weighted by atomic mass is 32.2. The molecular formula is C13H19N3O3S. The fourth-order valence-electron chi connectivity index (χ4n) is 1.42. The molecule has 0 fully saturated rings. The molecule has 0 heterocycles. The van der Waals surface area contributed by atoms with E-state index < -0.39 is 10.2 Å². The maximum Gasteiger partial charge on any atom is 0.299 e. The molecule has 6 nitrogen and oxygen atoms in total. The molecule has 1 aromatic rings. The summed E-state index contributed by atoms with van der Waals surface area (Å²) in [7, 11) is -2.11. The molecular weight excluding hydrogens is 278 g/mol. The van der Waals surface area contributed by atoms with Crippen LogP contribution in [0, 0.1) is 18.8 Å². The van der Waals surface area contributed by atoms with Gasteiger partial charge in [0.05, 0.1) is 18.8 Å². The molecule has 0 aliphatic rings. The second-order valence-electron chi connectivity index (χ2n) is 4.03. The molecule has 4 N–H and O–H groups in total. The lowest BCUT2D eigenvalue weighted by atomic mass is 10.1. The monoisotopic (exact) mass is 297 g/mol. The van der Waals surface area contributed by atoms with Crippen molar-refractivity contribution in [3.05, 3.63) is 29.3 Å². The summed E-state index contributed by atoms with van der Waals surface area (Å²) in [4.78, 5) is 0. The van der Waals surface area contributed by atoms with Crippen LogP contribution in [0.3, 0.4) is 0 Å². The lowest BCUT2D eigenvalue weighted by molar-refractivity contribution is 0.204. The van der Waals surface area contributed by atoms with Crippen molar-refractivity contribution in [3.63, 3.8) is 0 Å². The van der Waals surface area contributed by atoms with Crippen LogP contribution in [-0.4, -0.2) is 35.2 Å². The second-order valence-corrected chi connectivity index (χ2v) is 5.53. The Kier molecular flexibility index (Phi) is 6.48. The van der Waals surface area contributed by atoms with E-state index in [0.29, 0.717) is 17.9 Å². The Labute approximate surface area is 119 Å². The van der Waals surface area contributed by atoms with E-state index in [0.717, 1.165) is 5.56 Å². The molecule has 0 atom stereocenters. The van der Waals surface area contributed by atoms with Gasteiger partial charge in [0, 0.05) is 19.2 Å². The Morgan fingerprint density at radius 3 is 2.80 bits per heavy atom. The summed E-state index contributed by atoms with van der Waals surface area (Å²) < 4.78 is 33.3. The smallest absolute Gasteiger partial charge is 0.299 e. The molecule has 20 heavy (non-hydrogen) atoms. The van der Waals surface area contributed by atoms with Crippen molar-refractivity contribution >= 4 is 15.9 Å². The second kappa shape index (κ2) is 7.87. The van der Waals surface area contributed by atoms with Crippen LogP contribution < -0.4 is 15.2 Å². The molecule has 0 radical (unpaired) electrons. The first-order valence-electron chi connectivity index (χ1n) is 6.04. The maximum atomic E-state index is 11.8. The molecule has 0 aromatic heterocycles. The minimum absolute atomic E-state index is 0.206. The summed E-state index contributed by atoms with van der Waals surface area (Å²) in [6.07, 6.45) is 0. The Balaban J connectivity index is 2.85. The van der Waals surface area contributed by atoms with Crippen LogP contribution in [0.1, 0.15) is 11.1 Å². The number of nitrogens with one attached hydrogen (secondary N) is 2. The fraction of sp³-hybridized carbons (Fsp3) is 0.385. The number of hydrogen-bond acceptors (Lipinski definition) is 4. The molecule has 0 spiro atoms. The largest absolute Gasteiger partial charge is 0.383 e. The van der Waals surface area contributed by atoms with E-state index >= 15 is 0 Å². The lowest BCUT2D eigenvalue weighted by Crippen LogP contribution is -2.32. The van der Waals surface area contributed by atoms with Crippen LogP contribution in [0.25, 0.3) is 0 Å². The molecule has 0 amide bonds. The van der Waals surface area contributed by atoms with E-state index in [1.807, 2.05) is 13.0 Å². The zero-order valence-corrected chi connectivity index (χ0v) is 12.4. The summed E-state index contributed by atoms with van der Waals surface area (Å²) in [6.45, 7) is 2.58. The van der Waals surface area contributed by atoms with Crippen molar-refractivity contribution in [2.45, 2.75) is 6.92 Å². The maximum absolute atomic E-state index is 11.8. The minimum Gasteiger partial charge on any atom is -0.383 e. The molecule has 1 aromatic carbocycles. The molecule has 0 saturated carbocycles. The Bertz CT molecular complexity index is 603. The van der Waals surface area contributed by atoms with E-state index in [2.05, 4.69) is 21.3 Å². The highest BCUT2D eigenvalue weighted by molar-refractivity contribution is 7.90. The number of ether oxygens (including phenoxy) is 1. The minimum atomic E-state index is -3.62.